The number of nitrogens with zero attached hydrogens (tertiary/aromatic N) is 1. The van der Waals surface area contributed by atoms with Gasteiger partial charge in [0.1, 0.15) is 0 Å². The molecule has 1 amide bonds. The summed E-state index contributed by atoms with van der Waals surface area (Å²) in [5, 5.41) is 3.58. The molecule has 0 radical (unpaired) electrons. The molecule has 140 valence electrons. The van der Waals surface area contributed by atoms with Crippen LogP contribution in [0.25, 0.3) is 0 Å². The summed E-state index contributed by atoms with van der Waals surface area (Å²) >= 11 is 0. The summed E-state index contributed by atoms with van der Waals surface area (Å²) in [7, 11) is 0. The Hall–Kier alpha value is -2.82. The summed E-state index contributed by atoms with van der Waals surface area (Å²) in [5.74, 6) is -0.474. The summed E-state index contributed by atoms with van der Waals surface area (Å²) in [6.07, 6.45) is 1.53. The van der Waals surface area contributed by atoms with E-state index in [0.29, 0.717) is 31.1 Å². The Labute approximate surface area is 159 Å². The van der Waals surface area contributed by atoms with Gasteiger partial charge in [-0.2, -0.15) is 0 Å². The highest BCUT2D eigenvalue weighted by Crippen LogP contribution is 2.24. The lowest BCUT2D eigenvalue weighted by molar-refractivity contribution is -0.142. The van der Waals surface area contributed by atoms with Crippen molar-refractivity contribution in [3.8, 4) is 0 Å². The molecular weight excluding hydrogens is 340 g/mol. The number of aryl methyl sites for hydroxylation is 1. The molecule has 5 heteroatoms. The van der Waals surface area contributed by atoms with E-state index in [4.69, 9.17) is 4.74 Å². The first-order valence-electron chi connectivity index (χ1n) is 9.51. The average Bonchev–Trinajstić information content (AvgIpc) is 2.70. The zero-order valence-corrected chi connectivity index (χ0v) is 15.5. The number of nitrogens with one attached hydrogen (secondary N) is 1. The summed E-state index contributed by atoms with van der Waals surface area (Å²) in [4.78, 5) is 26.9. The van der Waals surface area contributed by atoms with Gasteiger partial charge in [-0.3, -0.25) is 4.79 Å². The minimum atomic E-state index is -0.701. The van der Waals surface area contributed by atoms with Gasteiger partial charge in [0, 0.05) is 31.2 Å². The number of rotatable bonds is 3. The lowest BCUT2D eigenvalue weighted by atomic mass is 9.97. The molecule has 1 N–H and O–H groups in total. The Morgan fingerprint density at radius 3 is 2.56 bits per heavy atom. The van der Waals surface area contributed by atoms with Crippen molar-refractivity contribution in [1.29, 1.82) is 0 Å². The number of anilines is 1. The van der Waals surface area contributed by atoms with Gasteiger partial charge in [-0.1, -0.05) is 36.4 Å². The second kappa shape index (κ2) is 7.43. The fraction of sp³-hybridized carbons (Fsp3) is 0.364. The topological polar surface area (TPSA) is 58.6 Å². The van der Waals surface area contributed by atoms with Gasteiger partial charge in [0.15, 0.2) is 6.10 Å². The summed E-state index contributed by atoms with van der Waals surface area (Å²) < 4.78 is 5.42. The summed E-state index contributed by atoms with van der Waals surface area (Å²) in [6.45, 7) is 3.45. The Balaban J connectivity index is 1.35. The number of benzene rings is 2. The summed E-state index contributed by atoms with van der Waals surface area (Å²) in [6, 6.07) is 16.0. The molecule has 27 heavy (non-hydrogen) atoms. The highest BCUT2D eigenvalue weighted by atomic mass is 16.5. The van der Waals surface area contributed by atoms with E-state index in [2.05, 4.69) is 24.4 Å². The van der Waals surface area contributed by atoms with Crippen molar-refractivity contribution >= 4 is 17.6 Å². The predicted octanol–water partition coefficient (Wildman–Crippen LogP) is 3.18. The molecular formula is C22H24N2O3. The smallest absolute Gasteiger partial charge is 0.339 e. The zero-order chi connectivity index (χ0) is 18.8. The second-order valence-electron chi connectivity index (χ2n) is 7.31. The third-order valence-corrected chi connectivity index (χ3v) is 5.48. The van der Waals surface area contributed by atoms with E-state index in [0.717, 1.165) is 24.1 Å². The van der Waals surface area contributed by atoms with Crippen molar-refractivity contribution in [2.75, 3.05) is 18.4 Å². The van der Waals surface area contributed by atoms with Gasteiger partial charge >= 0.3 is 5.97 Å². The first-order valence-corrected chi connectivity index (χ1v) is 9.51. The average molecular weight is 364 g/mol. The van der Waals surface area contributed by atoms with Crippen LogP contribution in [0, 0.1) is 6.92 Å². The predicted molar refractivity (Wildman–Crippen MR) is 104 cm³/mol. The molecule has 2 aliphatic rings. The monoisotopic (exact) mass is 364 g/mol. The number of para-hydroxylation sites is 1. The molecule has 0 aromatic heterocycles. The van der Waals surface area contributed by atoms with E-state index in [1.165, 1.54) is 5.56 Å². The van der Waals surface area contributed by atoms with Gasteiger partial charge in [0.05, 0.1) is 5.56 Å². The largest absolute Gasteiger partial charge is 0.448 e. The second-order valence-corrected chi connectivity index (χ2v) is 7.31. The SMILES string of the molecule is Cc1ccccc1NC1CCN(C(=O)[C@@H]2Cc3ccccc3C(=O)O2)CC1. The molecule has 4 rings (SSSR count). The molecule has 2 aromatic rings. The molecule has 0 unspecified atom stereocenters. The maximum Gasteiger partial charge on any atom is 0.339 e. The quantitative estimate of drug-likeness (QED) is 0.850. The first-order chi connectivity index (χ1) is 13.1. The third kappa shape index (κ3) is 3.68. The van der Waals surface area contributed by atoms with Crippen molar-refractivity contribution in [3.05, 3.63) is 65.2 Å². The van der Waals surface area contributed by atoms with Crippen LogP contribution in [0.3, 0.4) is 0 Å². The molecule has 1 fully saturated rings. The van der Waals surface area contributed by atoms with Crippen molar-refractivity contribution in [2.24, 2.45) is 0 Å². The number of amides is 1. The molecule has 2 aromatic carbocycles. The maximum absolute atomic E-state index is 12.9. The van der Waals surface area contributed by atoms with E-state index in [9.17, 15) is 9.59 Å². The van der Waals surface area contributed by atoms with E-state index >= 15 is 0 Å². The molecule has 1 atom stereocenters. The van der Waals surface area contributed by atoms with Crippen LogP contribution in [-0.4, -0.2) is 42.0 Å². The molecule has 0 bridgehead atoms. The minimum Gasteiger partial charge on any atom is -0.448 e. The van der Waals surface area contributed by atoms with Crippen LogP contribution in [0.1, 0.15) is 34.3 Å². The highest BCUT2D eigenvalue weighted by Gasteiger charge is 2.35. The number of hydrogen-bond donors (Lipinski definition) is 1. The van der Waals surface area contributed by atoms with Crippen molar-refractivity contribution in [1.82, 2.24) is 4.90 Å². The van der Waals surface area contributed by atoms with E-state index in [1.54, 1.807) is 6.07 Å². The van der Waals surface area contributed by atoms with Gasteiger partial charge in [0.25, 0.3) is 5.91 Å². The molecule has 0 aliphatic carbocycles. The Kier molecular flexibility index (Phi) is 4.84. The molecule has 5 nitrogen and oxygen atoms in total. The number of cyclic esters (lactones) is 1. The van der Waals surface area contributed by atoms with Crippen LogP contribution < -0.4 is 5.32 Å². The van der Waals surface area contributed by atoms with Crippen LogP contribution >= 0.6 is 0 Å². The molecule has 2 aliphatic heterocycles. The van der Waals surface area contributed by atoms with Crippen LogP contribution in [0.5, 0.6) is 0 Å². The number of hydrogen-bond acceptors (Lipinski definition) is 4. The van der Waals surface area contributed by atoms with Crippen molar-refractivity contribution in [3.63, 3.8) is 0 Å². The third-order valence-electron chi connectivity index (χ3n) is 5.48. The summed E-state index contributed by atoms with van der Waals surface area (Å²) in [5.41, 5.74) is 3.84. The van der Waals surface area contributed by atoms with E-state index in [-0.39, 0.29) is 5.91 Å². The van der Waals surface area contributed by atoms with Gasteiger partial charge in [-0.15, -0.1) is 0 Å². The van der Waals surface area contributed by atoms with E-state index < -0.39 is 12.1 Å². The van der Waals surface area contributed by atoms with E-state index in [1.807, 2.05) is 35.2 Å². The Bertz CT molecular complexity index is 856. The number of esters is 1. The Morgan fingerprint density at radius 1 is 1.07 bits per heavy atom. The molecule has 1 saturated heterocycles. The lowest BCUT2D eigenvalue weighted by Gasteiger charge is -2.35. The van der Waals surface area contributed by atoms with Gasteiger partial charge in [-0.05, 0) is 43.0 Å². The van der Waals surface area contributed by atoms with Gasteiger partial charge < -0.3 is 15.0 Å². The Morgan fingerprint density at radius 2 is 1.78 bits per heavy atom. The normalized spacial score (nSPS) is 20.0. The fourth-order valence-corrected chi connectivity index (χ4v) is 3.87. The minimum absolute atomic E-state index is 0.0767. The number of piperidine rings is 1. The number of carbonyl (C=O) groups excluding carboxylic acids is 2. The number of fused-ring (bicyclic) bond motifs is 1. The zero-order valence-electron chi connectivity index (χ0n) is 15.5. The van der Waals surface area contributed by atoms with Crippen molar-refractivity contribution < 1.29 is 14.3 Å². The lowest BCUT2D eigenvalue weighted by Crippen LogP contribution is -2.49. The highest BCUT2D eigenvalue weighted by molar-refractivity contribution is 5.95. The first kappa shape index (κ1) is 17.6. The maximum atomic E-state index is 12.9. The number of carbonyl (C=O) groups is 2. The van der Waals surface area contributed by atoms with Crippen LogP contribution in [-0.2, 0) is 16.0 Å². The van der Waals surface area contributed by atoms with Crippen molar-refractivity contribution in [2.45, 2.75) is 38.3 Å². The van der Waals surface area contributed by atoms with Crippen LogP contribution in [0.4, 0.5) is 5.69 Å². The van der Waals surface area contributed by atoms with Crippen LogP contribution in [0.2, 0.25) is 0 Å². The fourth-order valence-electron chi connectivity index (χ4n) is 3.87. The number of likely N-dealkylation sites (tertiary alicyclic amines) is 1. The molecule has 0 saturated carbocycles. The van der Waals surface area contributed by atoms with Crippen LogP contribution in [0.15, 0.2) is 48.5 Å². The molecule has 0 spiro atoms. The molecule has 2 heterocycles. The standard InChI is InChI=1S/C22H24N2O3/c1-15-6-2-5-9-19(15)23-17-10-12-24(13-11-17)21(25)20-14-16-7-3-4-8-18(16)22(26)27-20/h2-9,17,20,23H,10-14H2,1H3/t20-/m0/s1. The number of ether oxygens (including phenoxy) is 1. The van der Waals surface area contributed by atoms with Gasteiger partial charge in [-0.25, -0.2) is 4.79 Å². The van der Waals surface area contributed by atoms with Gasteiger partial charge in [0.2, 0.25) is 0 Å².